The van der Waals surface area contributed by atoms with Crippen molar-refractivity contribution < 1.29 is 4.79 Å². The molecule has 0 bridgehead atoms. The summed E-state index contributed by atoms with van der Waals surface area (Å²) in [5, 5.41) is 0.858. The first-order valence-electron chi connectivity index (χ1n) is 7.07. The lowest BCUT2D eigenvalue weighted by molar-refractivity contribution is -0.127. The number of nitrogens with zero attached hydrogens (tertiary/aromatic N) is 4. The van der Waals surface area contributed by atoms with Crippen molar-refractivity contribution in [3.05, 3.63) is 42.2 Å². The summed E-state index contributed by atoms with van der Waals surface area (Å²) in [6.45, 7) is 0.619. The van der Waals surface area contributed by atoms with Gasteiger partial charge in [-0.2, -0.15) is 0 Å². The van der Waals surface area contributed by atoms with Crippen LogP contribution in [-0.2, 0) is 18.4 Å². The Balaban J connectivity index is 1.86. The molecule has 0 aliphatic heterocycles. The standard InChI is InChI=1S/C16H22N4OS/c1-18(2)14-7-5-13(6-8-14)11-20(4)15(21)12-22-16-17-9-10-19(16)3/h5-10H,11-12H2,1-4H3. The van der Waals surface area contributed by atoms with E-state index >= 15 is 0 Å². The van der Waals surface area contributed by atoms with E-state index in [1.165, 1.54) is 11.8 Å². The topological polar surface area (TPSA) is 41.4 Å². The molecule has 0 saturated heterocycles. The maximum absolute atomic E-state index is 12.2. The van der Waals surface area contributed by atoms with Gasteiger partial charge in [-0.1, -0.05) is 23.9 Å². The molecule has 118 valence electrons. The number of hydrogen-bond donors (Lipinski definition) is 0. The van der Waals surface area contributed by atoms with Crippen molar-refractivity contribution in [2.45, 2.75) is 11.7 Å². The zero-order valence-corrected chi connectivity index (χ0v) is 14.3. The van der Waals surface area contributed by atoms with E-state index in [4.69, 9.17) is 0 Å². The quantitative estimate of drug-likeness (QED) is 0.766. The average molecular weight is 318 g/mol. The molecule has 1 aromatic carbocycles. The number of aryl methyl sites for hydroxylation is 1. The fourth-order valence-electron chi connectivity index (χ4n) is 1.99. The number of rotatable bonds is 6. The minimum absolute atomic E-state index is 0.102. The Morgan fingerprint density at radius 1 is 1.23 bits per heavy atom. The van der Waals surface area contributed by atoms with Gasteiger partial charge < -0.3 is 14.4 Å². The zero-order valence-electron chi connectivity index (χ0n) is 13.5. The SMILES string of the molecule is CN(Cc1ccc(N(C)C)cc1)C(=O)CSc1nccn1C. The summed E-state index contributed by atoms with van der Waals surface area (Å²) in [7, 11) is 7.79. The van der Waals surface area contributed by atoms with E-state index in [-0.39, 0.29) is 5.91 Å². The Hall–Kier alpha value is -1.95. The van der Waals surface area contributed by atoms with E-state index in [1.54, 1.807) is 11.1 Å². The molecule has 2 rings (SSSR count). The lowest BCUT2D eigenvalue weighted by Gasteiger charge is -2.18. The van der Waals surface area contributed by atoms with Gasteiger partial charge in [-0.25, -0.2) is 4.98 Å². The Morgan fingerprint density at radius 2 is 1.91 bits per heavy atom. The molecular formula is C16H22N4OS. The molecule has 0 aliphatic rings. The zero-order chi connectivity index (χ0) is 16.1. The molecule has 0 spiro atoms. The maximum atomic E-state index is 12.2. The van der Waals surface area contributed by atoms with Gasteiger partial charge in [0.2, 0.25) is 5.91 Å². The summed E-state index contributed by atoms with van der Waals surface area (Å²) in [4.78, 5) is 20.2. The van der Waals surface area contributed by atoms with Crippen molar-refractivity contribution in [2.75, 3.05) is 31.8 Å². The lowest BCUT2D eigenvalue weighted by Crippen LogP contribution is -2.27. The molecule has 0 radical (unpaired) electrons. The third kappa shape index (κ3) is 4.27. The smallest absolute Gasteiger partial charge is 0.233 e. The van der Waals surface area contributed by atoms with Gasteiger partial charge in [0.05, 0.1) is 5.75 Å². The second kappa shape index (κ2) is 7.35. The molecule has 1 amide bonds. The van der Waals surface area contributed by atoms with E-state index in [1.807, 2.05) is 39.0 Å². The minimum atomic E-state index is 0.102. The maximum Gasteiger partial charge on any atom is 0.233 e. The van der Waals surface area contributed by atoms with Crippen LogP contribution >= 0.6 is 11.8 Å². The molecular weight excluding hydrogens is 296 g/mol. The third-order valence-corrected chi connectivity index (χ3v) is 4.44. The lowest BCUT2D eigenvalue weighted by atomic mass is 10.2. The van der Waals surface area contributed by atoms with Gasteiger partial charge in [0, 0.05) is 52.8 Å². The number of carbonyl (C=O) groups is 1. The molecule has 0 aliphatic carbocycles. The van der Waals surface area contributed by atoms with Crippen molar-refractivity contribution in [1.82, 2.24) is 14.5 Å². The first-order valence-corrected chi connectivity index (χ1v) is 8.06. The molecule has 2 aromatic rings. The molecule has 1 aromatic heterocycles. The molecule has 0 fully saturated rings. The number of benzene rings is 1. The second-order valence-corrected chi connectivity index (χ2v) is 6.36. The Labute approximate surface area is 135 Å². The summed E-state index contributed by atoms with van der Waals surface area (Å²) in [5.74, 6) is 0.501. The van der Waals surface area contributed by atoms with Crippen LogP contribution in [0.15, 0.2) is 41.8 Å². The average Bonchev–Trinajstić information content (AvgIpc) is 2.90. The van der Waals surface area contributed by atoms with Crippen LogP contribution in [0.3, 0.4) is 0 Å². The molecule has 0 atom stereocenters. The highest BCUT2D eigenvalue weighted by Crippen LogP contribution is 2.16. The van der Waals surface area contributed by atoms with Crippen LogP contribution < -0.4 is 4.90 Å². The van der Waals surface area contributed by atoms with Gasteiger partial charge in [0.25, 0.3) is 0 Å². The van der Waals surface area contributed by atoms with E-state index in [9.17, 15) is 4.79 Å². The van der Waals surface area contributed by atoms with Gasteiger partial charge in [-0.05, 0) is 17.7 Å². The molecule has 0 N–H and O–H groups in total. The van der Waals surface area contributed by atoms with Gasteiger partial charge in [-0.3, -0.25) is 4.79 Å². The number of anilines is 1. The molecule has 1 heterocycles. The number of amides is 1. The van der Waals surface area contributed by atoms with E-state index in [0.717, 1.165) is 16.4 Å². The van der Waals surface area contributed by atoms with Crippen LogP contribution in [0.2, 0.25) is 0 Å². The Bertz CT molecular complexity index is 621. The van der Waals surface area contributed by atoms with Gasteiger partial charge >= 0.3 is 0 Å². The van der Waals surface area contributed by atoms with Crippen LogP contribution in [-0.4, -0.2) is 47.3 Å². The van der Waals surface area contributed by atoms with Crippen LogP contribution in [0.4, 0.5) is 5.69 Å². The predicted molar refractivity (Wildman–Crippen MR) is 91.2 cm³/mol. The van der Waals surface area contributed by atoms with Crippen LogP contribution in [0, 0.1) is 0 Å². The number of imidazole rings is 1. The number of thioether (sulfide) groups is 1. The van der Waals surface area contributed by atoms with Crippen molar-refractivity contribution in [3.8, 4) is 0 Å². The number of carbonyl (C=O) groups excluding carboxylic acids is 1. The van der Waals surface area contributed by atoms with E-state index in [0.29, 0.717) is 12.3 Å². The molecule has 6 heteroatoms. The van der Waals surface area contributed by atoms with Crippen molar-refractivity contribution in [2.24, 2.45) is 7.05 Å². The summed E-state index contributed by atoms with van der Waals surface area (Å²) in [5.41, 5.74) is 2.28. The van der Waals surface area contributed by atoms with Crippen LogP contribution in [0.5, 0.6) is 0 Å². The highest BCUT2D eigenvalue weighted by atomic mass is 32.2. The summed E-state index contributed by atoms with van der Waals surface area (Å²) >= 11 is 1.46. The van der Waals surface area contributed by atoms with Crippen molar-refractivity contribution in [1.29, 1.82) is 0 Å². The van der Waals surface area contributed by atoms with Gasteiger partial charge in [-0.15, -0.1) is 0 Å². The van der Waals surface area contributed by atoms with E-state index < -0.39 is 0 Å². The Morgan fingerprint density at radius 3 is 2.45 bits per heavy atom. The van der Waals surface area contributed by atoms with Gasteiger partial charge in [0.1, 0.15) is 0 Å². The molecule has 0 saturated carbocycles. The highest BCUT2D eigenvalue weighted by molar-refractivity contribution is 7.99. The first kappa shape index (κ1) is 16.4. The predicted octanol–water partition coefficient (Wildman–Crippen LogP) is 2.24. The Kier molecular flexibility index (Phi) is 5.49. The number of hydrogen-bond acceptors (Lipinski definition) is 4. The monoisotopic (exact) mass is 318 g/mol. The first-order chi connectivity index (χ1) is 10.5. The fourth-order valence-corrected chi connectivity index (χ4v) is 2.86. The molecule has 22 heavy (non-hydrogen) atoms. The number of aromatic nitrogens is 2. The summed E-state index contributed by atoms with van der Waals surface area (Å²) in [6, 6.07) is 8.25. The van der Waals surface area contributed by atoms with Crippen molar-refractivity contribution >= 4 is 23.4 Å². The molecule has 5 nitrogen and oxygen atoms in total. The third-order valence-electron chi connectivity index (χ3n) is 3.40. The molecule has 0 unspecified atom stereocenters. The van der Waals surface area contributed by atoms with Crippen LogP contribution in [0.25, 0.3) is 0 Å². The second-order valence-electron chi connectivity index (χ2n) is 5.42. The fraction of sp³-hybridized carbons (Fsp3) is 0.375. The summed E-state index contributed by atoms with van der Waals surface area (Å²) in [6.07, 6.45) is 3.62. The summed E-state index contributed by atoms with van der Waals surface area (Å²) < 4.78 is 1.91. The van der Waals surface area contributed by atoms with Crippen molar-refractivity contribution in [3.63, 3.8) is 0 Å². The largest absolute Gasteiger partial charge is 0.378 e. The normalized spacial score (nSPS) is 10.5. The highest BCUT2D eigenvalue weighted by Gasteiger charge is 2.11. The minimum Gasteiger partial charge on any atom is -0.378 e. The van der Waals surface area contributed by atoms with Crippen LogP contribution in [0.1, 0.15) is 5.56 Å². The van der Waals surface area contributed by atoms with E-state index in [2.05, 4.69) is 34.1 Å². The van der Waals surface area contributed by atoms with Gasteiger partial charge in [0.15, 0.2) is 5.16 Å².